The summed E-state index contributed by atoms with van der Waals surface area (Å²) in [6, 6.07) is 14.3. The number of rotatable bonds is 11. The molecule has 0 saturated heterocycles. The Kier molecular flexibility index (Phi) is 8.12. The van der Waals surface area contributed by atoms with E-state index in [1.165, 1.54) is 0 Å². The molecule has 0 spiro atoms. The van der Waals surface area contributed by atoms with Crippen LogP contribution in [0.15, 0.2) is 48.5 Å². The summed E-state index contributed by atoms with van der Waals surface area (Å²) in [7, 11) is 1.59. The molecule has 0 bridgehead atoms. The van der Waals surface area contributed by atoms with Crippen LogP contribution in [0.5, 0.6) is 23.0 Å². The van der Waals surface area contributed by atoms with Gasteiger partial charge in [0.1, 0.15) is 36.2 Å². The Morgan fingerprint density at radius 3 is 1.77 bits per heavy atom. The third-order valence-corrected chi connectivity index (χ3v) is 3.33. The van der Waals surface area contributed by atoms with Crippen molar-refractivity contribution in [1.29, 1.82) is 0 Å². The van der Waals surface area contributed by atoms with Gasteiger partial charge in [0.25, 0.3) is 0 Å². The first-order valence-corrected chi connectivity index (χ1v) is 8.49. The lowest BCUT2D eigenvalue weighted by Crippen LogP contribution is -2.18. The van der Waals surface area contributed by atoms with Gasteiger partial charge in [0, 0.05) is 0 Å². The molecule has 0 aliphatic rings. The SMILES string of the molecule is CCCOc1ccc(OCCOC(=O)COc2ccc(OC)cc2)cc1. The maximum atomic E-state index is 11.7. The van der Waals surface area contributed by atoms with E-state index in [4.69, 9.17) is 23.7 Å². The van der Waals surface area contributed by atoms with E-state index < -0.39 is 5.97 Å². The first kappa shape index (κ1) is 19.4. The molecule has 0 fully saturated rings. The van der Waals surface area contributed by atoms with Crippen molar-refractivity contribution in [2.75, 3.05) is 33.5 Å². The molecule has 2 aromatic carbocycles. The maximum absolute atomic E-state index is 11.7. The molecule has 0 radical (unpaired) electrons. The highest BCUT2D eigenvalue weighted by Gasteiger charge is 2.05. The summed E-state index contributed by atoms with van der Waals surface area (Å²) < 4.78 is 26.5. The quantitative estimate of drug-likeness (QED) is 0.452. The Balaban J connectivity index is 1.60. The minimum absolute atomic E-state index is 0.152. The van der Waals surface area contributed by atoms with E-state index in [-0.39, 0.29) is 19.8 Å². The summed E-state index contributed by atoms with van der Waals surface area (Å²) in [6.45, 7) is 3.01. The standard InChI is InChI=1S/C20H24O6/c1-3-12-23-17-8-10-18(11-9-17)24-13-14-25-20(21)15-26-19-6-4-16(22-2)5-7-19/h4-11H,3,12-15H2,1-2H3. The molecule has 0 amide bonds. The van der Waals surface area contributed by atoms with Crippen LogP contribution in [0, 0.1) is 0 Å². The molecule has 6 nitrogen and oxygen atoms in total. The highest BCUT2D eigenvalue weighted by Crippen LogP contribution is 2.18. The largest absolute Gasteiger partial charge is 0.497 e. The molecule has 2 aromatic rings. The number of ether oxygens (including phenoxy) is 5. The molecule has 2 rings (SSSR count). The van der Waals surface area contributed by atoms with Crippen molar-refractivity contribution in [2.24, 2.45) is 0 Å². The second-order valence-electron chi connectivity index (χ2n) is 5.35. The van der Waals surface area contributed by atoms with Crippen LogP contribution in [0.3, 0.4) is 0 Å². The second-order valence-corrected chi connectivity index (χ2v) is 5.35. The molecule has 0 aliphatic carbocycles. The highest BCUT2D eigenvalue weighted by atomic mass is 16.6. The topological polar surface area (TPSA) is 63.2 Å². The van der Waals surface area contributed by atoms with Gasteiger partial charge in [0.2, 0.25) is 0 Å². The van der Waals surface area contributed by atoms with Crippen LogP contribution in [-0.4, -0.2) is 39.5 Å². The average Bonchev–Trinajstić information content (AvgIpc) is 2.69. The molecule has 26 heavy (non-hydrogen) atoms. The number of esters is 1. The van der Waals surface area contributed by atoms with Gasteiger partial charge < -0.3 is 23.7 Å². The monoisotopic (exact) mass is 360 g/mol. The van der Waals surface area contributed by atoms with Crippen LogP contribution in [0.2, 0.25) is 0 Å². The van der Waals surface area contributed by atoms with Gasteiger partial charge in [0.05, 0.1) is 13.7 Å². The van der Waals surface area contributed by atoms with E-state index in [9.17, 15) is 4.79 Å². The summed E-state index contributed by atoms with van der Waals surface area (Å²) in [6.07, 6.45) is 0.964. The van der Waals surface area contributed by atoms with Crippen molar-refractivity contribution in [3.05, 3.63) is 48.5 Å². The normalized spacial score (nSPS) is 10.1. The predicted molar refractivity (Wildman–Crippen MR) is 97.2 cm³/mol. The van der Waals surface area contributed by atoms with Crippen molar-refractivity contribution >= 4 is 5.97 Å². The lowest BCUT2D eigenvalue weighted by Gasteiger charge is -2.09. The molecule has 0 saturated carbocycles. The van der Waals surface area contributed by atoms with Gasteiger partial charge in [-0.15, -0.1) is 0 Å². The number of benzene rings is 2. The third-order valence-electron chi connectivity index (χ3n) is 3.33. The Labute approximate surface area is 153 Å². The Morgan fingerprint density at radius 1 is 0.731 bits per heavy atom. The minimum atomic E-state index is -0.451. The van der Waals surface area contributed by atoms with Crippen molar-refractivity contribution in [3.63, 3.8) is 0 Å². The summed E-state index contributed by atoms with van der Waals surface area (Å²) in [5.41, 5.74) is 0. The van der Waals surface area contributed by atoms with Gasteiger partial charge >= 0.3 is 5.97 Å². The molecule has 0 heterocycles. The fourth-order valence-electron chi connectivity index (χ4n) is 2.02. The molecule has 0 N–H and O–H groups in total. The maximum Gasteiger partial charge on any atom is 0.344 e. The molecular weight excluding hydrogens is 336 g/mol. The van der Waals surface area contributed by atoms with E-state index in [1.54, 1.807) is 31.4 Å². The lowest BCUT2D eigenvalue weighted by atomic mass is 10.3. The van der Waals surface area contributed by atoms with Crippen molar-refractivity contribution in [2.45, 2.75) is 13.3 Å². The van der Waals surface area contributed by atoms with Gasteiger partial charge in [-0.25, -0.2) is 4.79 Å². The molecule has 0 unspecified atom stereocenters. The van der Waals surface area contributed by atoms with E-state index in [0.717, 1.165) is 17.9 Å². The van der Waals surface area contributed by atoms with E-state index in [2.05, 4.69) is 6.92 Å². The van der Waals surface area contributed by atoms with Gasteiger partial charge in [-0.2, -0.15) is 0 Å². The van der Waals surface area contributed by atoms with Crippen molar-refractivity contribution < 1.29 is 28.5 Å². The lowest BCUT2D eigenvalue weighted by molar-refractivity contribution is -0.146. The molecule has 0 aromatic heterocycles. The Bertz CT molecular complexity index is 651. The predicted octanol–water partition coefficient (Wildman–Crippen LogP) is 3.49. The van der Waals surface area contributed by atoms with Gasteiger partial charge in [0.15, 0.2) is 6.61 Å². The number of methoxy groups -OCH3 is 1. The zero-order valence-electron chi connectivity index (χ0n) is 15.1. The van der Waals surface area contributed by atoms with Crippen molar-refractivity contribution in [3.8, 4) is 23.0 Å². The van der Waals surface area contributed by atoms with Crippen LogP contribution in [-0.2, 0) is 9.53 Å². The molecular formula is C20H24O6. The average molecular weight is 360 g/mol. The third kappa shape index (κ3) is 6.93. The van der Waals surface area contributed by atoms with E-state index in [0.29, 0.717) is 18.1 Å². The molecule has 0 aliphatic heterocycles. The Morgan fingerprint density at radius 2 is 1.23 bits per heavy atom. The summed E-state index contributed by atoms with van der Waals surface area (Å²) in [5, 5.41) is 0. The summed E-state index contributed by atoms with van der Waals surface area (Å²) in [5.74, 6) is 2.35. The fourth-order valence-corrected chi connectivity index (χ4v) is 2.02. The van der Waals surface area contributed by atoms with Crippen LogP contribution in [0.1, 0.15) is 13.3 Å². The number of carbonyl (C=O) groups is 1. The Hall–Kier alpha value is -2.89. The minimum Gasteiger partial charge on any atom is -0.497 e. The van der Waals surface area contributed by atoms with Crippen LogP contribution < -0.4 is 18.9 Å². The van der Waals surface area contributed by atoms with Gasteiger partial charge in [-0.3, -0.25) is 0 Å². The molecule has 6 heteroatoms. The first-order chi connectivity index (χ1) is 12.7. The molecule has 0 atom stereocenters. The second kappa shape index (κ2) is 10.9. The van der Waals surface area contributed by atoms with Crippen LogP contribution >= 0.6 is 0 Å². The van der Waals surface area contributed by atoms with Gasteiger partial charge in [-0.1, -0.05) is 6.92 Å². The number of carbonyl (C=O) groups excluding carboxylic acids is 1. The zero-order chi connectivity index (χ0) is 18.6. The smallest absolute Gasteiger partial charge is 0.344 e. The summed E-state index contributed by atoms with van der Waals surface area (Å²) >= 11 is 0. The van der Waals surface area contributed by atoms with Gasteiger partial charge in [-0.05, 0) is 55.0 Å². The zero-order valence-corrected chi connectivity index (χ0v) is 15.1. The fraction of sp³-hybridized carbons (Fsp3) is 0.350. The van der Waals surface area contributed by atoms with E-state index >= 15 is 0 Å². The highest BCUT2D eigenvalue weighted by molar-refractivity contribution is 5.71. The molecule has 140 valence electrons. The number of hydrogen-bond donors (Lipinski definition) is 0. The number of hydrogen-bond acceptors (Lipinski definition) is 6. The summed E-state index contributed by atoms with van der Waals surface area (Å²) in [4.78, 5) is 11.7. The van der Waals surface area contributed by atoms with Crippen LogP contribution in [0.25, 0.3) is 0 Å². The first-order valence-electron chi connectivity index (χ1n) is 8.49. The van der Waals surface area contributed by atoms with Crippen molar-refractivity contribution in [1.82, 2.24) is 0 Å². The van der Waals surface area contributed by atoms with E-state index in [1.807, 2.05) is 24.3 Å². The van der Waals surface area contributed by atoms with Crippen LogP contribution in [0.4, 0.5) is 0 Å².